The van der Waals surface area contributed by atoms with E-state index < -0.39 is 11.4 Å². The first-order chi connectivity index (χ1) is 11.3. The van der Waals surface area contributed by atoms with E-state index in [1.54, 1.807) is 30.0 Å². The van der Waals surface area contributed by atoms with Crippen molar-refractivity contribution < 1.29 is 19.5 Å². The lowest BCUT2D eigenvalue weighted by atomic mass is 9.90. The molecule has 0 spiro atoms. The number of likely N-dealkylation sites (tertiary alicyclic amines) is 1. The molecule has 3 rings (SSSR count). The standard InChI is InChI=1S/C16H18ClN3O4/c1-16(14(22)23)4-6-19(9-16)13(21)11-8-10(2-3-12(11)17)20-7-5-18-15(20)24/h2-3,8H,4-7,9H2,1H3,(H,18,24)(H,22,23)/t16-/m1/s1. The number of aliphatic carboxylic acids is 1. The Bertz CT molecular complexity index is 723. The zero-order chi connectivity index (χ0) is 17.5. The summed E-state index contributed by atoms with van der Waals surface area (Å²) < 4.78 is 0. The van der Waals surface area contributed by atoms with Crippen LogP contribution >= 0.6 is 11.6 Å². The second-order valence-electron chi connectivity index (χ2n) is 6.39. The molecule has 0 radical (unpaired) electrons. The van der Waals surface area contributed by atoms with Crippen LogP contribution in [0.3, 0.4) is 0 Å². The molecule has 2 aliphatic rings. The number of rotatable bonds is 3. The van der Waals surface area contributed by atoms with Gasteiger partial charge in [0, 0.05) is 31.9 Å². The van der Waals surface area contributed by atoms with Crippen LogP contribution in [0.15, 0.2) is 18.2 Å². The first-order valence-corrected chi connectivity index (χ1v) is 8.07. The fourth-order valence-corrected chi connectivity index (χ4v) is 3.24. The zero-order valence-electron chi connectivity index (χ0n) is 13.2. The molecule has 8 heteroatoms. The number of benzene rings is 1. The van der Waals surface area contributed by atoms with Crippen molar-refractivity contribution in [2.45, 2.75) is 13.3 Å². The number of nitrogens with zero attached hydrogens (tertiary/aromatic N) is 2. The van der Waals surface area contributed by atoms with Crippen molar-refractivity contribution in [2.75, 3.05) is 31.1 Å². The largest absolute Gasteiger partial charge is 0.481 e. The molecule has 1 atom stereocenters. The summed E-state index contributed by atoms with van der Waals surface area (Å²) in [5.74, 6) is -1.22. The maximum Gasteiger partial charge on any atom is 0.321 e. The second-order valence-corrected chi connectivity index (χ2v) is 6.80. The molecule has 1 aromatic rings. The highest BCUT2D eigenvalue weighted by Gasteiger charge is 2.42. The number of urea groups is 1. The Morgan fingerprint density at radius 1 is 1.33 bits per heavy atom. The van der Waals surface area contributed by atoms with E-state index in [1.807, 2.05) is 0 Å². The van der Waals surface area contributed by atoms with E-state index in [4.69, 9.17) is 11.6 Å². The maximum atomic E-state index is 12.8. The number of hydrogen-bond donors (Lipinski definition) is 2. The predicted molar refractivity (Wildman–Crippen MR) is 88.5 cm³/mol. The van der Waals surface area contributed by atoms with Gasteiger partial charge in [-0.2, -0.15) is 0 Å². The molecule has 2 N–H and O–H groups in total. The third kappa shape index (κ3) is 2.80. The molecule has 0 bridgehead atoms. The molecule has 128 valence electrons. The van der Waals surface area contributed by atoms with Crippen LogP contribution in [0.25, 0.3) is 0 Å². The van der Waals surface area contributed by atoms with Gasteiger partial charge in [0.25, 0.3) is 5.91 Å². The molecule has 2 saturated heterocycles. The van der Waals surface area contributed by atoms with Gasteiger partial charge in [-0.25, -0.2) is 4.79 Å². The number of carbonyl (C=O) groups is 3. The minimum atomic E-state index is -0.936. The Labute approximate surface area is 144 Å². The van der Waals surface area contributed by atoms with Gasteiger partial charge in [-0.1, -0.05) is 11.6 Å². The maximum absolute atomic E-state index is 12.8. The monoisotopic (exact) mass is 351 g/mol. The minimum Gasteiger partial charge on any atom is -0.481 e. The smallest absolute Gasteiger partial charge is 0.321 e. The van der Waals surface area contributed by atoms with Gasteiger partial charge in [0.15, 0.2) is 0 Å². The van der Waals surface area contributed by atoms with Crippen LogP contribution in [0.2, 0.25) is 5.02 Å². The lowest BCUT2D eigenvalue weighted by Crippen LogP contribution is -2.35. The van der Waals surface area contributed by atoms with Crippen LogP contribution in [0, 0.1) is 5.41 Å². The predicted octanol–water partition coefficient (Wildman–Crippen LogP) is 1.81. The highest BCUT2D eigenvalue weighted by molar-refractivity contribution is 6.34. The highest BCUT2D eigenvalue weighted by atomic mass is 35.5. The first kappa shape index (κ1) is 16.6. The highest BCUT2D eigenvalue weighted by Crippen LogP contribution is 2.33. The fraction of sp³-hybridized carbons (Fsp3) is 0.438. The van der Waals surface area contributed by atoms with Gasteiger partial charge in [0.2, 0.25) is 0 Å². The first-order valence-electron chi connectivity index (χ1n) is 7.69. The number of hydrogen-bond acceptors (Lipinski definition) is 3. The van der Waals surface area contributed by atoms with Crippen LogP contribution < -0.4 is 10.2 Å². The van der Waals surface area contributed by atoms with E-state index in [-0.39, 0.29) is 29.1 Å². The Kier molecular flexibility index (Phi) is 4.13. The summed E-state index contributed by atoms with van der Waals surface area (Å²) in [7, 11) is 0. The van der Waals surface area contributed by atoms with Crippen LogP contribution in [0.5, 0.6) is 0 Å². The lowest BCUT2D eigenvalue weighted by molar-refractivity contribution is -0.147. The van der Waals surface area contributed by atoms with E-state index in [0.29, 0.717) is 31.7 Å². The zero-order valence-corrected chi connectivity index (χ0v) is 14.0. The molecule has 2 aliphatic heterocycles. The molecule has 3 amide bonds. The van der Waals surface area contributed by atoms with E-state index in [9.17, 15) is 19.5 Å². The van der Waals surface area contributed by atoms with Crippen molar-refractivity contribution in [1.82, 2.24) is 10.2 Å². The average Bonchev–Trinajstić information content (AvgIpc) is 3.14. The van der Waals surface area contributed by atoms with Crippen molar-refractivity contribution in [3.8, 4) is 0 Å². The van der Waals surface area contributed by atoms with Crippen LogP contribution in [-0.2, 0) is 4.79 Å². The Morgan fingerprint density at radius 2 is 2.08 bits per heavy atom. The number of amides is 3. The van der Waals surface area contributed by atoms with Crippen molar-refractivity contribution in [1.29, 1.82) is 0 Å². The molecule has 1 aromatic carbocycles. The van der Waals surface area contributed by atoms with Crippen molar-refractivity contribution in [3.05, 3.63) is 28.8 Å². The Hall–Kier alpha value is -2.28. The summed E-state index contributed by atoms with van der Waals surface area (Å²) in [5, 5.41) is 12.3. The van der Waals surface area contributed by atoms with Gasteiger partial charge < -0.3 is 15.3 Å². The average molecular weight is 352 g/mol. The van der Waals surface area contributed by atoms with E-state index >= 15 is 0 Å². The van der Waals surface area contributed by atoms with Gasteiger partial charge in [0.05, 0.1) is 16.0 Å². The molecular weight excluding hydrogens is 334 g/mol. The molecule has 0 aromatic heterocycles. The number of carboxylic acids is 1. The summed E-state index contributed by atoms with van der Waals surface area (Å²) in [6.07, 6.45) is 0.403. The summed E-state index contributed by atoms with van der Waals surface area (Å²) >= 11 is 6.16. The molecule has 24 heavy (non-hydrogen) atoms. The summed E-state index contributed by atoms with van der Waals surface area (Å²) in [4.78, 5) is 38.9. The Morgan fingerprint density at radius 3 is 2.67 bits per heavy atom. The van der Waals surface area contributed by atoms with Crippen LogP contribution in [-0.4, -0.2) is 54.1 Å². The fourth-order valence-electron chi connectivity index (χ4n) is 3.04. The molecule has 2 heterocycles. The van der Waals surface area contributed by atoms with Gasteiger partial charge in [-0.15, -0.1) is 0 Å². The van der Waals surface area contributed by atoms with E-state index in [1.165, 1.54) is 4.90 Å². The molecule has 7 nitrogen and oxygen atoms in total. The normalized spacial score (nSPS) is 23.5. The number of anilines is 1. The summed E-state index contributed by atoms with van der Waals surface area (Å²) in [6, 6.07) is 4.65. The van der Waals surface area contributed by atoms with Crippen molar-refractivity contribution >= 4 is 35.2 Å². The van der Waals surface area contributed by atoms with Crippen LogP contribution in [0.4, 0.5) is 10.5 Å². The molecule has 0 unspecified atom stereocenters. The second kappa shape index (κ2) is 5.98. The number of nitrogens with one attached hydrogen (secondary N) is 1. The molecule has 2 fully saturated rings. The lowest BCUT2D eigenvalue weighted by Gasteiger charge is -2.21. The molecule has 0 saturated carbocycles. The third-order valence-electron chi connectivity index (χ3n) is 4.63. The molecular formula is C16H18ClN3O4. The van der Waals surface area contributed by atoms with Gasteiger partial charge in [-0.05, 0) is 31.5 Å². The van der Waals surface area contributed by atoms with Crippen molar-refractivity contribution in [3.63, 3.8) is 0 Å². The van der Waals surface area contributed by atoms with E-state index in [2.05, 4.69) is 5.32 Å². The molecule has 0 aliphatic carbocycles. The summed E-state index contributed by atoms with van der Waals surface area (Å²) in [5.41, 5.74) is -0.0596. The number of carboxylic acid groups (broad SMARTS) is 1. The third-order valence-corrected chi connectivity index (χ3v) is 4.96. The van der Waals surface area contributed by atoms with Crippen molar-refractivity contribution in [2.24, 2.45) is 5.41 Å². The quantitative estimate of drug-likeness (QED) is 0.869. The topological polar surface area (TPSA) is 89.9 Å². The van der Waals surface area contributed by atoms with Gasteiger partial charge >= 0.3 is 12.0 Å². The number of carbonyl (C=O) groups excluding carboxylic acids is 2. The SMILES string of the molecule is C[C@@]1(C(=O)O)CCN(C(=O)c2cc(N3CCNC3=O)ccc2Cl)C1. The number of halogens is 1. The minimum absolute atomic E-state index is 0.145. The van der Waals surface area contributed by atoms with E-state index in [0.717, 1.165) is 0 Å². The van der Waals surface area contributed by atoms with Gasteiger partial charge in [0.1, 0.15) is 0 Å². The van der Waals surface area contributed by atoms with Crippen LogP contribution in [0.1, 0.15) is 23.7 Å². The van der Waals surface area contributed by atoms with Gasteiger partial charge in [-0.3, -0.25) is 14.5 Å². The summed E-state index contributed by atoms with van der Waals surface area (Å²) in [6.45, 7) is 3.22. The Balaban J connectivity index is 1.85.